The summed E-state index contributed by atoms with van der Waals surface area (Å²) in [6.07, 6.45) is 4.68. The SMILES string of the molecule is O=C(CO)NCCCOc1cccc(CN2CCCCC2)c1.[Cl-].[H+]. The minimum Gasteiger partial charge on any atom is -1.00 e. The lowest BCUT2D eigenvalue weighted by Gasteiger charge is -2.26. The molecule has 1 saturated heterocycles. The summed E-state index contributed by atoms with van der Waals surface area (Å²) in [6, 6.07) is 8.23. The van der Waals surface area contributed by atoms with Crippen LogP contribution in [0.2, 0.25) is 0 Å². The van der Waals surface area contributed by atoms with E-state index in [9.17, 15) is 4.79 Å². The van der Waals surface area contributed by atoms with Gasteiger partial charge in [-0.15, -0.1) is 0 Å². The van der Waals surface area contributed by atoms with Gasteiger partial charge in [0.2, 0.25) is 5.91 Å². The number of hydrogen-bond acceptors (Lipinski definition) is 4. The Morgan fingerprint density at radius 3 is 2.83 bits per heavy atom. The number of amides is 1. The first-order valence-corrected chi connectivity index (χ1v) is 8.09. The lowest BCUT2D eigenvalue weighted by Crippen LogP contribution is -3.00. The molecule has 1 fully saturated rings. The molecule has 1 aromatic carbocycles. The van der Waals surface area contributed by atoms with Crippen LogP contribution in [0.25, 0.3) is 0 Å². The zero-order valence-corrected chi connectivity index (χ0v) is 14.2. The van der Waals surface area contributed by atoms with Crippen molar-refractivity contribution in [1.29, 1.82) is 0 Å². The van der Waals surface area contributed by atoms with Gasteiger partial charge in [-0.05, 0) is 50.0 Å². The van der Waals surface area contributed by atoms with Gasteiger partial charge in [0.25, 0.3) is 0 Å². The summed E-state index contributed by atoms with van der Waals surface area (Å²) >= 11 is 0. The number of likely N-dealkylation sites (tertiary alicyclic amines) is 1. The molecule has 6 heteroatoms. The Hall–Kier alpha value is -1.30. The van der Waals surface area contributed by atoms with Crippen molar-refractivity contribution >= 4 is 5.91 Å². The zero-order chi connectivity index (χ0) is 15.6. The number of nitrogens with zero attached hydrogens (tertiary/aromatic N) is 1. The van der Waals surface area contributed by atoms with Crippen LogP contribution in [0, 0.1) is 0 Å². The van der Waals surface area contributed by atoms with Crippen molar-refractivity contribution in [3.05, 3.63) is 29.8 Å². The number of ether oxygens (including phenoxy) is 1. The molecular weight excluding hydrogens is 316 g/mol. The van der Waals surface area contributed by atoms with Crippen LogP contribution >= 0.6 is 0 Å². The largest absolute Gasteiger partial charge is 1.00 e. The summed E-state index contributed by atoms with van der Waals surface area (Å²) in [4.78, 5) is 13.4. The maximum atomic E-state index is 10.9. The second kappa shape index (κ2) is 11.3. The predicted molar refractivity (Wildman–Crippen MR) is 86.9 cm³/mol. The number of piperidine rings is 1. The average molecular weight is 343 g/mol. The Morgan fingerprint density at radius 2 is 2.09 bits per heavy atom. The maximum absolute atomic E-state index is 10.9. The van der Waals surface area contributed by atoms with Crippen molar-refractivity contribution in [2.75, 3.05) is 32.8 Å². The highest BCUT2D eigenvalue weighted by Crippen LogP contribution is 2.17. The number of hydrogen-bond donors (Lipinski definition) is 2. The Labute approximate surface area is 145 Å². The van der Waals surface area contributed by atoms with Crippen LogP contribution in [-0.2, 0) is 11.3 Å². The van der Waals surface area contributed by atoms with Crippen LogP contribution < -0.4 is 22.5 Å². The lowest BCUT2D eigenvalue weighted by molar-refractivity contribution is -0.123. The molecule has 0 aromatic heterocycles. The Bertz CT molecular complexity index is 471. The molecule has 0 aliphatic carbocycles. The van der Waals surface area contributed by atoms with E-state index in [4.69, 9.17) is 9.84 Å². The second-order valence-corrected chi connectivity index (χ2v) is 5.69. The molecule has 0 radical (unpaired) electrons. The van der Waals surface area contributed by atoms with E-state index in [0.717, 1.165) is 18.7 Å². The summed E-state index contributed by atoms with van der Waals surface area (Å²) in [5.74, 6) is 0.534. The second-order valence-electron chi connectivity index (χ2n) is 5.69. The number of benzene rings is 1. The number of aliphatic hydroxyl groups excluding tert-OH is 1. The van der Waals surface area contributed by atoms with Crippen molar-refractivity contribution in [2.24, 2.45) is 0 Å². The minimum absolute atomic E-state index is 0. The fourth-order valence-corrected chi connectivity index (χ4v) is 2.66. The Morgan fingerprint density at radius 1 is 1.30 bits per heavy atom. The summed E-state index contributed by atoms with van der Waals surface area (Å²) in [5.41, 5.74) is 1.29. The average Bonchev–Trinajstić information content (AvgIpc) is 2.55. The molecule has 1 amide bonds. The summed E-state index contributed by atoms with van der Waals surface area (Å²) in [6.45, 7) is 3.99. The van der Waals surface area contributed by atoms with Crippen molar-refractivity contribution in [2.45, 2.75) is 32.2 Å². The first-order chi connectivity index (χ1) is 10.8. The summed E-state index contributed by atoms with van der Waals surface area (Å²) in [7, 11) is 0. The predicted octanol–water partition coefficient (Wildman–Crippen LogP) is -1.33. The van der Waals surface area contributed by atoms with E-state index in [2.05, 4.69) is 22.3 Å². The van der Waals surface area contributed by atoms with Gasteiger partial charge in [-0.3, -0.25) is 9.69 Å². The first-order valence-electron chi connectivity index (χ1n) is 8.09. The molecular formula is C17H27ClN2O3. The first kappa shape index (κ1) is 19.7. The molecule has 1 aliphatic heterocycles. The molecule has 0 spiro atoms. The quantitative estimate of drug-likeness (QED) is 0.575. The Balaban J connectivity index is 0.00000264. The maximum Gasteiger partial charge on any atom is 1.00 e. The molecule has 1 aromatic rings. The zero-order valence-electron chi connectivity index (χ0n) is 14.5. The minimum atomic E-state index is -0.459. The fraction of sp³-hybridized carbons (Fsp3) is 0.588. The molecule has 0 saturated carbocycles. The lowest BCUT2D eigenvalue weighted by atomic mass is 10.1. The van der Waals surface area contributed by atoms with Gasteiger partial charge in [0.05, 0.1) is 6.61 Å². The molecule has 2 N–H and O–H groups in total. The van der Waals surface area contributed by atoms with Crippen LogP contribution in [0.4, 0.5) is 0 Å². The van der Waals surface area contributed by atoms with Crippen molar-refractivity contribution in [3.63, 3.8) is 0 Å². The van der Waals surface area contributed by atoms with Gasteiger partial charge in [0.15, 0.2) is 0 Å². The van der Waals surface area contributed by atoms with Gasteiger partial charge in [0, 0.05) is 13.1 Å². The number of carbonyl (C=O) groups is 1. The Kier molecular flexibility index (Phi) is 9.67. The standard InChI is InChI=1S/C17H26N2O3.ClH/c20-14-17(21)18-8-5-11-22-16-7-4-6-15(12-16)13-19-9-2-1-3-10-19;/h4,6-7,12,20H,1-3,5,8-11,13-14H2,(H,18,21);1H. The third-order valence-electron chi connectivity index (χ3n) is 3.81. The van der Waals surface area contributed by atoms with Crippen molar-refractivity contribution in [1.82, 2.24) is 10.2 Å². The number of carbonyl (C=O) groups excluding carboxylic acids is 1. The highest BCUT2D eigenvalue weighted by molar-refractivity contribution is 5.76. The number of nitrogens with one attached hydrogen (secondary N) is 1. The third-order valence-corrected chi connectivity index (χ3v) is 3.81. The molecule has 23 heavy (non-hydrogen) atoms. The van der Waals surface area contributed by atoms with Gasteiger partial charge in [-0.2, -0.15) is 0 Å². The van der Waals surface area contributed by atoms with Gasteiger partial charge in [-0.1, -0.05) is 18.6 Å². The van der Waals surface area contributed by atoms with E-state index in [1.165, 1.54) is 37.9 Å². The molecule has 0 atom stereocenters. The van der Waals surface area contributed by atoms with Crippen LogP contribution in [0.1, 0.15) is 32.7 Å². The van der Waals surface area contributed by atoms with Crippen LogP contribution in [-0.4, -0.2) is 48.8 Å². The van der Waals surface area contributed by atoms with E-state index in [-0.39, 0.29) is 19.7 Å². The summed E-state index contributed by atoms with van der Waals surface area (Å²) < 4.78 is 5.72. The molecule has 1 heterocycles. The topological polar surface area (TPSA) is 61.8 Å². The highest BCUT2D eigenvalue weighted by atomic mass is 35.5. The van der Waals surface area contributed by atoms with Crippen LogP contribution in [0.3, 0.4) is 0 Å². The smallest absolute Gasteiger partial charge is 1.00 e. The molecule has 1 aliphatic rings. The van der Waals surface area contributed by atoms with E-state index >= 15 is 0 Å². The fourth-order valence-electron chi connectivity index (χ4n) is 2.66. The van der Waals surface area contributed by atoms with E-state index in [0.29, 0.717) is 13.2 Å². The number of halogens is 1. The molecule has 130 valence electrons. The number of aliphatic hydroxyl groups is 1. The molecule has 0 unspecified atom stereocenters. The van der Waals surface area contributed by atoms with Crippen molar-refractivity contribution < 1.29 is 28.5 Å². The van der Waals surface area contributed by atoms with E-state index in [1.54, 1.807) is 0 Å². The van der Waals surface area contributed by atoms with Gasteiger partial charge in [0.1, 0.15) is 12.4 Å². The molecule has 0 bridgehead atoms. The number of rotatable bonds is 8. The third kappa shape index (κ3) is 7.68. The highest BCUT2D eigenvalue weighted by Gasteiger charge is 2.10. The monoisotopic (exact) mass is 342 g/mol. The van der Waals surface area contributed by atoms with Gasteiger partial charge in [-0.25, -0.2) is 0 Å². The molecule has 2 rings (SSSR count). The van der Waals surface area contributed by atoms with Gasteiger partial charge >= 0.3 is 1.43 Å². The van der Waals surface area contributed by atoms with E-state index < -0.39 is 6.61 Å². The van der Waals surface area contributed by atoms with Crippen LogP contribution in [0.15, 0.2) is 24.3 Å². The van der Waals surface area contributed by atoms with Crippen molar-refractivity contribution in [3.8, 4) is 5.75 Å². The van der Waals surface area contributed by atoms with Crippen LogP contribution in [0.5, 0.6) is 5.75 Å². The van der Waals surface area contributed by atoms with E-state index in [1.807, 2.05) is 12.1 Å². The summed E-state index contributed by atoms with van der Waals surface area (Å²) in [5, 5.41) is 11.2. The van der Waals surface area contributed by atoms with Gasteiger partial charge < -0.3 is 27.6 Å². The molecule has 5 nitrogen and oxygen atoms in total. The normalized spacial score (nSPS) is 14.8.